The summed E-state index contributed by atoms with van der Waals surface area (Å²) in [6.07, 6.45) is 0. The molecule has 0 aliphatic rings. The molecule has 0 bridgehead atoms. The van der Waals surface area contributed by atoms with E-state index in [9.17, 15) is 4.79 Å². The van der Waals surface area contributed by atoms with Crippen molar-refractivity contribution in [1.29, 1.82) is 5.26 Å². The number of nitrogens with zero attached hydrogens (tertiary/aromatic N) is 1. The lowest BCUT2D eigenvalue weighted by atomic mass is 10.1. The number of rotatable bonds is 2. The molecule has 2 rings (SSSR count). The number of benzene rings is 1. The summed E-state index contributed by atoms with van der Waals surface area (Å²) in [6, 6.07) is 7.09. The van der Waals surface area contributed by atoms with Gasteiger partial charge in [-0.05, 0) is 32.0 Å². The Morgan fingerprint density at radius 3 is 2.94 bits per heavy atom. The molecule has 1 aromatic heterocycles. The number of furan rings is 1. The third-order valence-electron chi connectivity index (χ3n) is 2.53. The molecular weight excluding hydrogens is 218 g/mol. The fourth-order valence-electron chi connectivity index (χ4n) is 1.68. The maximum atomic E-state index is 11.6. The molecule has 0 atom stereocenters. The zero-order valence-electron chi connectivity index (χ0n) is 9.61. The van der Waals surface area contributed by atoms with Crippen LogP contribution >= 0.6 is 0 Å². The smallest absolute Gasteiger partial charge is 0.374 e. The van der Waals surface area contributed by atoms with Gasteiger partial charge in [0.15, 0.2) is 0 Å². The molecule has 0 aliphatic heterocycles. The summed E-state index contributed by atoms with van der Waals surface area (Å²) in [5.74, 6) is -0.267. The Morgan fingerprint density at radius 1 is 1.53 bits per heavy atom. The van der Waals surface area contributed by atoms with Crippen LogP contribution in [-0.4, -0.2) is 12.6 Å². The molecule has 86 valence electrons. The number of nitriles is 1. The number of hydrogen-bond donors (Lipinski definition) is 0. The van der Waals surface area contributed by atoms with Gasteiger partial charge in [0.05, 0.1) is 18.2 Å². The normalized spacial score (nSPS) is 10.2. The van der Waals surface area contributed by atoms with Gasteiger partial charge < -0.3 is 9.15 Å². The maximum absolute atomic E-state index is 11.6. The Balaban J connectivity index is 2.57. The molecule has 0 spiro atoms. The van der Waals surface area contributed by atoms with Gasteiger partial charge in [-0.25, -0.2) is 4.79 Å². The summed E-state index contributed by atoms with van der Waals surface area (Å²) >= 11 is 0. The molecule has 0 N–H and O–H groups in total. The van der Waals surface area contributed by atoms with E-state index in [0.717, 1.165) is 5.39 Å². The van der Waals surface area contributed by atoms with E-state index < -0.39 is 5.97 Å². The van der Waals surface area contributed by atoms with Crippen molar-refractivity contribution in [2.75, 3.05) is 6.61 Å². The highest BCUT2D eigenvalue weighted by Crippen LogP contribution is 2.26. The number of fused-ring (bicyclic) bond motifs is 1. The molecule has 0 fully saturated rings. The SMILES string of the molecule is CCOC(=O)c1oc2ccc(C#N)cc2c1C. The van der Waals surface area contributed by atoms with Crippen LogP contribution in [-0.2, 0) is 4.74 Å². The summed E-state index contributed by atoms with van der Waals surface area (Å²) in [4.78, 5) is 11.6. The van der Waals surface area contributed by atoms with Crippen molar-refractivity contribution < 1.29 is 13.9 Å². The first-order valence-electron chi connectivity index (χ1n) is 5.27. The van der Waals surface area contributed by atoms with E-state index >= 15 is 0 Å². The van der Waals surface area contributed by atoms with Crippen molar-refractivity contribution in [2.45, 2.75) is 13.8 Å². The first-order chi connectivity index (χ1) is 8.17. The van der Waals surface area contributed by atoms with E-state index in [0.29, 0.717) is 23.3 Å². The van der Waals surface area contributed by atoms with Crippen molar-refractivity contribution in [2.24, 2.45) is 0 Å². The second kappa shape index (κ2) is 4.30. The van der Waals surface area contributed by atoms with E-state index in [2.05, 4.69) is 6.07 Å². The quantitative estimate of drug-likeness (QED) is 0.743. The van der Waals surface area contributed by atoms with E-state index in [1.165, 1.54) is 0 Å². The van der Waals surface area contributed by atoms with Gasteiger partial charge in [0.25, 0.3) is 0 Å². The zero-order chi connectivity index (χ0) is 12.4. The monoisotopic (exact) mass is 229 g/mol. The number of esters is 1. The van der Waals surface area contributed by atoms with Crippen LogP contribution in [0.2, 0.25) is 0 Å². The Hall–Kier alpha value is -2.28. The topological polar surface area (TPSA) is 63.2 Å². The maximum Gasteiger partial charge on any atom is 0.374 e. The largest absolute Gasteiger partial charge is 0.460 e. The summed E-state index contributed by atoms with van der Waals surface area (Å²) < 4.78 is 10.3. The molecule has 17 heavy (non-hydrogen) atoms. The molecule has 0 aliphatic carbocycles. The Morgan fingerprint density at radius 2 is 2.29 bits per heavy atom. The number of carbonyl (C=O) groups excluding carboxylic acids is 1. The lowest BCUT2D eigenvalue weighted by Crippen LogP contribution is -2.04. The highest BCUT2D eigenvalue weighted by molar-refractivity contribution is 5.96. The second-order valence-corrected chi connectivity index (χ2v) is 3.60. The van der Waals surface area contributed by atoms with Crippen molar-refractivity contribution in [3.05, 3.63) is 35.1 Å². The molecule has 4 nitrogen and oxygen atoms in total. The lowest BCUT2D eigenvalue weighted by molar-refractivity contribution is 0.0491. The van der Waals surface area contributed by atoms with Gasteiger partial charge in [0.2, 0.25) is 5.76 Å². The van der Waals surface area contributed by atoms with E-state index in [1.807, 2.05) is 0 Å². The molecular formula is C13H11NO3. The summed E-state index contributed by atoms with van der Waals surface area (Å²) in [7, 11) is 0. The van der Waals surface area contributed by atoms with E-state index in [-0.39, 0.29) is 5.76 Å². The standard InChI is InChI=1S/C13H11NO3/c1-3-16-13(15)12-8(2)10-6-9(7-14)4-5-11(10)17-12/h4-6H,3H2,1-2H3. The summed E-state index contributed by atoms with van der Waals surface area (Å²) in [6.45, 7) is 3.82. The average Bonchev–Trinajstić information content (AvgIpc) is 2.67. The van der Waals surface area contributed by atoms with Crippen LogP contribution in [0, 0.1) is 18.3 Å². The van der Waals surface area contributed by atoms with Gasteiger partial charge in [-0.1, -0.05) is 0 Å². The van der Waals surface area contributed by atoms with E-state index in [4.69, 9.17) is 14.4 Å². The molecule has 1 heterocycles. The predicted octanol–water partition coefficient (Wildman–Crippen LogP) is 2.79. The van der Waals surface area contributed by atoms with Crippen molar-refractivity contribution in [3.63, 3.8) is 0 Å². The highest BCUT2D eigenvalue weighted by atomic mass is 16.5. The van der Waals surface area contributed by atoms with Crippen LogP contribution in [0.5, 0.6) is 0 Å². The minimum atomic E-state index is -0.472. The van der Waals surface area contributed by atoms with Gasteiger partial charge >= 0.3 is 5.97 Å². The molecule has 0 radical (unpaired) electrons. The Kier molecular flexibility index (Phi) is 2.84. The van der Waals surface area contributed by atoms with Crippen molar-refractivity contribution in [3.8, 4) is 6.07 Å². The van der Waals surface area contributed by atoms with Crippen LogP contribution in [0.25, 0.3) is 11.0 Å². The van der Waals surface area contributed by atoms with Crippen LogP contribution < -0.4 is 0 Å². The number of ether oxygens (including phenoxy) is 1. The van der Waals surface area contributed by atoms with Crippen LogP contribution in [0.15, 0.2) is 22.6 Å². The van der Waals surface area contributed by atoms with Crippen LogP contribution in [0.1, 0.15) is 28.6 Å². The average molecular weight is 229 g/mol. The zero-order valence-corrected chi connectivity index (χ0v) is 9.61. The lowest BCUT2D eigenvalue weighted by Gasteiger charge is -1.97. The van der Waals surface area contributed by atoms with Gasteiger partial charge in [-0.15, -0.1) is 0 Å². The second-order valence-electron chi connectivity index (χ2n) is 3.60. The molecule has 2 aromatic rings. The first-order valence-corrected chi connectivity index (χ1v) is 5.27. The van der Waals surface area contributed by atoms with E-state index in [1.54, 1.807) is 32.0 Å². The fraction of sp³-hybridized carbons (Fsp3) is 0.231. The molecule has 0 amide bonds. The number of hydrogen-bond acceptors (Lipinski definition) is 4. The Labute approximate surface area is 98.4 Å². The molecule has 0 unspecified atom stereocenters. The minimum absolute atomic E-state index is 0.205. The predicted molar refractivity (Wildman–Crippen MR) is 61.6 cm³/mol. The van der Waals surface area contributed by atoms with Crippen molar-refractivity contribution >= 4 is 16.9 Å². The summed E-state index contributed by atoms with van der Waals surface area (Å²) in [5.41, 5.74) is 1.83. The first kappa shape index (κ1) is 11.2. The van der Waals surface area contributed by atoms with Crippen LogP contribution in [0.4, 0.5) is 0 Å². The molecule has 1 aromatic carbocycles. The van der Waals surface area contributed by atoms with Gasteiger partial charge in [0.1, 0.15) is 5.58 Å². The Bertz CT molecular complexity index is 619. The number of aryl methyl sites for hydroxylation is 1. The van der Waals surface area contributed by atoms with Crippen molar-refractivity contribution in [1.82, 2.24) is 0 Å². The molecule has 0 saturated carbocycles. The number of carbonyl (C=O) groups is 1. The molecule has 0 saturated heterocycles. The summed E-state index contributed by atoms with van der Waals surface area (Å²) in [5, 5.41) is 9.59. The van der Waals surface area contributed by atoms with Gasteiger partial charge in [-0.2, -0.15) is 5.26 Å². The van der Waals surface area contributed by atoms with Crippen LogP contribution in [0.3, 0.4) is 0 Å². The molecule has 4 heteroatoms. The van der Waals surface area contributed by atoms with Gasteiger partial charge in [-0.3, -0.25) is 0 Å². The fourth-order valence-corrected chi connectivity index (χ4v) is 1.68. The third-order valence-corrected chi connectivity index (χ3v) is 2.53. The third kappa shape index (κ3) is 1.87. The highest BCUT2D eigenvalue weighted by Gasteiger charge is 2.18. The van der Waals surface area contributed by atoms with Gasteiger partial charge in [0, 0.05) is 10.9 Å². The minimum Gasteiger partial charge on any atom is -0.460 e.